The number of piperidine rings is 1. The number of oxazole rings is 1. The Morgan fingerprint density at radius 2 is 1.83 bits per heavy atom. The summed E-state index contributed by atoms with van der Waals surface area (Å²) in [6.45, 7) is 4.95. The quantitative estimate of drug-likeness (QED) is 0.784. The Kier molecular flexibility index (Phi) is 6.20. The monoisotopic (exact) mass is 435 g/mol. The zero-order valence-corrected chi connectivity index (χ0v) is 18.4. The first-order valence-corrected chi connectivity index (χ1v) is 10.5. The maximum absolute atomic E-state index is 13.1. The number of amides is 1. The van der Waals surface area contributed by atoms with Gasteiger partial charge in [0, 0.05) is 44.3 Å². The van der Waals surface area contributed by atoms with Gasteiger partial charge in [0.15, 0.2) is 5.58 Å². The normalized spacial score (nSPS) is 27.7. The van der Waals surface area contributed by atoms with Crippen LogP contribution in [0.2, 0.25) is 0 Å². The Labute approximate surface area is 182 Å². The number of nitrogens with zero attached hydrogens (tertiary/aromatic N) is 4. The fourth-order valence-electron chi connectivity index (χ4n) is 4.98. The van der Waals surface area contributed by atoms with E-state index in [2.05, 4.69) is 39.1 Å². The van der Waals surface area contributed by atoms with Crippen LogP contribution < -0.4 is 10.2 Å². The molecule has 30 heavy (non-hydrogen) atoms. The molecule has 2 bridgehead atoms. The smallest absolute Gasteiger partial charge is 0.298 e. The van der Waals surface area contributed by atoms with Gasteiger partial charge in [-0.25, -0.2) is 0 Å². The van der Waals surface area contributed by atoms with Crippen molar-refractivity contribution in [3.05, 3.63) is 23.8 Å². The highest BCUT2D eigenvalue weighted by atomic mass is 35.5. The molecular formula is C21H30ClN5O3. The number of likely N-dealkylation sites (N-methyl/N-ethyl adjacent to an activating group) is 2. The number of halogens is 1. The van der Waals surface area contributed by atoms with E-state index < -0.39 is 0 Å². The Morgan fingerprint density at radius 3 is 2.53 bits per heavy atom. The van der Waals surface area contributed by atoms with Crippen molar-refractivity contribution >= 4 is 35.4 Å². The van der Waals surface area contributed by atoms with Gasteiger partial charge in [-0.3, -0.25) is 9.69 Å². The lowest BCUT2D eigenvalue weighted by molar-refractivity contribution is 0.00841. The number of hydrogen-bond acceptors (Lipinski definition) is 7. The van der Waals surface area contributed by atoms with Gasteiger partial charge in [-0.15, -0.1) is 12.4 Å². The van der Waals surface area contributed by atoms with Gasteiger partial charge in [0.2, 0.25) is 0 Å². The number of rotatable bonds is 3. The molecule has 2 atom stereocenters. The van der Waals surface area contributed by atoms with Gasteiger partial charge in [-0.1, -0.05) is 6.07 Å². The Bertz CT molecular complexity index is 884. The van der Waals surface area contributed by atoms with Crippen LogP contribution in [0.5, 0.6) is 0 Å². The van der Waals surface area contributed by atoms with E-state index in [1.165, 1.54) is 0 Å². The van der Waals surface area contributed by atoms with Gasteiger partial charge in [0.1, 0.15) is 5.52 Å². The number of morpholine rings is 1. The highest BCUT2D eigenvalue weighted by Gasteiger charge is 2.38. The second-order valence-corrected chi connectivity index (χ2v) is 8.58. The maximum Gasteiger partial charge on any atom is 0.298 e. The van der Waals surface area contributed by atoms with E-state index in [0.717, 1.165) is 39.0 Å². The van der Waals surface area contributed by atoms with Crippen LogP contribution in [0, 0.1) is 0 Å². The van der Waals surface area contributed by atoms with Crippen molar-refractivity contribution in [2.45, 2.75) is 31.0 Å². The summed E-state index contributed by atoms with van der Waals surface area (Å²) in [4.78, 5) is 24.7. The van der Waals surface area contributed by atoms with Gasteiger partial charge >= 0.3 is 0 Å². The lowest BCUT2D eigenvalue weighted by Gasteiger charge is -2.50. The number of benzene rings is 1. The number of likely N-dealkylation sites (tertiary alicyclic amines) is 1. The summed E-state index contributed by atoms with van der Waals surface area (Å²) in [6, 6.07) is 7.33. The average molecular weight is 436 g/mol. The number of piperazine rings is 1. The predicted molar refractivity (Wildman–Crippen MR) is 118 cm³/mol. The molecule has 2 aromatic rings. The summed E-state index contributed by atoms with van der Waals surface area (Å²) in [6.07, 6.45) is 1.97. The van der Waals surface area contributed by atoms with Gasteiger partial charge < -0.3 is 24.3 Å². The molecule has 1 aromatic carbocycles. The van der Waals surface area contributed by atoms with Gasteiger partial charge in [0.05, 0.1) is 18.8 Å². The van der Waals surface area contributed by atoms with Crippen LogP contribution in [0.1, 0.15) is 23.2 Å². The molecule has 164 valence electrons. The first-order valence-electron chi connectivity index (χ1n) is 10.5. The average Bonchev–Trinajstić information content (AvgIpc) is 3.15. The number of para-hydroxylation sites is 1. The van der Waals surface area contributed by atoms with Crippen LogP contribution in [0.15, 0.2) is 22.6 Å². The molecule has 8 nitrogen and oxygen atoms in total. The van der Waals surface area contributed by atoms with E-state index in [9.17, 15) is 4.79 Å². The van der Waals surface area contributed by atoms with E-state index in [4.69, 9.17) is 9.15 Å². The molecule has 9 heteroatoms. The highest BCUT2D eigenvalue weighted by Crippen LogP contribution is 2.28. The van der Waals surface area contributed by atoms with E-state index in [1.807, 2.05) is 18.2 Å². The molecular weight excluding hydrogens is 406 g/mol. The number of nitrogens with one attached hydrogen (secondary N) is 1. The third-order valence-corrected chi connectivity index (χ3v) is 6.58. The van der Waals surface area contributed by atoms with E-state index in [0.29, 0.717) is 48.0 Å². The molecule has 0 radical (unpaired) electrons. The Morgan fingerprint density at radius 1 is 1.13 bits per heavy atom. The molecule has 2 unspecified atom stereocenters. The number of anilines is 1. The molecule has 1 N–H and O–H groups in total. The van der Waals surface area contributed by atoms with E-state index in [-0.39, 0.29) is 24.4 Å². The van der Waals surface area contributed by atoms with Crippen molar-refractivity contribution in [3.8, 4) is 0 Å². The minimum Gasteiger partial charge on any atom is -0.423 e. The molecule has 3 aliphatic rings. The third kappa shape index (κ3) is 4.01. The molecule has 4 heterocycles. The minimum atomic E-state index is -0.0570. The number of carbonyl (C=O) groups excluding carboxylic acids is 1. The van der Waals surface area contributed by atoms with Crippen molar-refractivity contribution in [3.63, 3.8) is 0 Å². The summed E-state index contributed by atoms with van der Waals surface area (Å²) in [7, 11) is 4.40. The predicted octanol–water partition coefficient (Wildman–Crippen LogP) is 1.59. The summed E-state index contributed by atoms with van der Waals surface area (Å²) in [5, 5.41) is 3.28. The summed E-state index contributed by atoms with van der Waals surface area (Å²) in [5.41, 5.74) is 1.88. The van der Waals surface area contributed by atoms with Crippen LogP contribution in [-0.4, -0.2) is 92.3 Å². The van der Waals surface area contributed by atoms with Gasteiger partial charge in [-0.2, -0.15) is 4.98 Å². The van der Waals surface area contributed by atoms with Crippen molar-refractivity contribution < 1.29 is 13.9 Å². The molecule has 0 saturated carbocycles. The second-order valence-electron chi connectivity index (χ2n) is 8.58. The van der Waals surface area contributed by atoms with Crippen molar-refractivity contribution in [2.24, 2.45) is 0 Å². The topological polar surface area (TPSA) is 74.1 Å². The number of fused-ring (bicyclic) bond motifs is 3. The van der Waals surface area contributed by atoms with Crippen LogP contribution in [0.3, 0.4) is 0 Å². The Balaban J connectivity index is 0.00000218. The minimum absolute atomic E-state index is 0. The summed E-state index contributed by atoms with van der Waals surface area (Å²) in [5.74, 6) is -0.0570. The summed E-state index contributed by atoms with van der Waals surface area (Å²) >= 11 is 0. The fraction of sp³-hybridized carbons (Fsp3) is 0.619. The zero-order valence-electron chi connectivity index (χ0n) is 17.5. The SMILES string of the molecule is CN1CC2CC(NC(=O)c3cccc4oc(N5CCOCC5)nc34)CC(C1)N2C.Cl. The fourth-order valence-corrected chi connectivity index (χ4v) is 4.98. The molecule has 1 amide bonds. The van der Waals surface area contributed by atoms with E-state index >= 15 is 0 Å². The van der Waals surface area contributed by atoms with E-state index in [1.54, 1.807) is 0 Å². The lowest BCUT2D eigenvalue weighted by Crippen LogP contribution is -2.63. The van der Waals surface area contributed by atoms with Crippen LogP contribution in [-0.2, 0) is 4.74 Å². The number of aromatic nitrogens is 1. The number of carbonyl (C=O) groups is 1. The molecule has 0 spiro atoms. The van der Waals surface area contributed by atoms with Crippen LogP contribution in [0.4, 0.5) is 6.01 Å². The maximum atomic E-state index is 13.1. The largest absolute Gasteiger partial charge is 0.423 e. The van der Waals surface area contributed by atoms with Crippen LogP contribution >= 0.6 is 12.4 Å². The Hall–Kier alpha value is -1.87. The highest BCUT2D eigenvalue weighted by molar-refractivity contribution is 6.04. The first-order chi connectivity index (χ1) is 14.1. The first kappa shape index (κ1) is 21.4. The van der Waals surface area contributed by atoms with Crippen molar-refractivity contribution in [2.75, 3.05) is 58.4 Å². The molecule has 5 rings (SSSR count). The molecule has 1 aromatic heterocycles. The molecule has 0 aliphatic carbocycles. The lowest BCUT2D eigenvalue weighted by atomic mass is 9.88. The number of ether oxygens (including phenoxy) is 1. The van der Waals surface area contributed by atoms with Crippen molar-refractivity contribution in [1.29, 1.82) is 0 Å². The third-order valence-electron chi connectivity index (χ3n) is 6.58. The van der Waals surface area contributed by atoms with Gasteiger partial charge in [0.25, 0.3) is 11.9 Å². The summed E-state index contributed by atoms with van der Waals surface area (Å²) < 4.78 is 11.3. The second kappa shape index (κ2) is 8.70. The zero-order chi connectivity index (χ0) is 20.0. The molecule has 3 saturated heterocycles. The van der Waals surface area contributed by atoms with Crippen molar-refractivity contribution in [1.82, 2.24) is 20.1 Å². The van der Waals surface area contributed by atoms with Gasteiger partial charge in [-0.05, 0) is 39.1 Å². The standard InChI is InChI=1S/C21H29N5O3.ClH/c1-24-12-15-10-14(11-16(13-24)25(15)2)22-20(27)17-4-3-5-18-19(17)23-21(29-18)26-6-8-28-9-7-26;/h3-5,14-16H,6-13H2,1-2H3,(H,22,27);1H. The number of hydrogen-bond donors (Lipinski definition) is 1. The molecule has 3 aliphatic heterocycles. The molecule has 3 fully saturated rings. The van der Waals surface area contributed by atoms with Crippen LogP contribution in [0.25, 0.3) is 11.1 Å².